The molecule has 4 unspecified atom stereocenters. The van der Waals surface area contributed by atoms with Crippen LogP contribution in [0.1, 0.15) is 29.2 Å². The smallest absolute Gasteiger partial charge is 0.142 e. The van der Waals surface area contributed by atoms with Crippen LogP contribution in [0.3, 0.4) is 0 Å². The molecule has 2 aromatic carbocycles. The zero-order valence-corrected chi connectivity index (χ0v) is 19.3. The van der Waals surface area contributed by atoms with Crippen molar-refractivity contribution in [2.45, 2.75) is 37.0 Å². The summed E-state index contributed by atoms with van der Waals surface area (Å²) >= 11 is 6.78. The molecule has 0 amide bonds. The number of hydrogen-bond acceptors (Lipinski definition) is 6. The number of methoxy groups -OCH3 is 1. The minimum absolute atomic E-state index is 0.0203. The van der Waals surface area contributed by atoms with Crippen molar-refractivity contribution >= 4 is 28.8 Å². The Kier molecular flexibility index (Phi) is 6.17. The summed E-state index contributed by atoms with van der Waals surface area (Å²) in [6, 6.07) is 16.9. The highest BCUT2D eigenvalue weighted by Gasteiger charge is 2.38. The van der Waals surface area contributed by atoms with E-state index in [0.717, 1.165) is 55.4 Å². The molecule has 6 nitrogen and oxygen atoms in total. The fourth-order valence-electron chi connectivity index (χ4n) is 4.60. The van der Waals surface area contributed by atoms with E-state index in [1.54, 1.807) is 7.11 Å². The molecule has 5 rings (SSSR count). The second-order valence-electron chi connectivity index (χ2n) is 8.56. The van der Waals surface area contributed by atoms with Crippen LogP contribution in [0.25, 0.3) is 0 Å². The van der Waals surface area contributed by atoms with Gasteiger partial charge in [0.15, 0.2) is 0 Å². The van der Waals surface area contributed by atoms with Crippen molar-refractivity contribution in [3.8, 4) is 0 Å². The normalized spacial score (nSPS) is 26.1. The third kappa shape index (κ3) is 4.27. The third-order valence-corrected chi connectivity index (χ3v) is 6.78. The van der Waals surface area contributed by atoms with Gasteiger partial charge >= 0.3 is 0 Å². The molecule has 0 aromatic heterocycles. The summed E-state index contributed by atoms with van der Waals surface area (Å²) in [6.45, 7) is 5.48. The highest BCUT2D eigenvalue weighted by atomic mass is 35.5. The highest BCUT2D eigenvalue weighted by molar-refractivity contribution is 6.35. The standard InChI is InChI=1S/C25H29ClN4O2/c1-16-3-5-18(6-4-16)23(31-2)25-27-21-15-20(26)22(28-24(21)29-25)17-7-9-19(10-8-17)30-11-13-32-14-12-30/h3-10,20-21,23-24H,11-15H2,1-2H3,(H,27,29). The first-order valence-electron chi connectivity index (χ1n) is 11.2. The molecule has 3 aliphatic rings. The number of fused-ring (bicyclic) bond motifs is 1. The van der Waals surface area contributed by atoms with Crippen LogP contribution in [0, 0.1) is 6.92 Å². The van der Waals surface area contributed by atoms with Gasteiger partial charge in [-0.3, -0.25) is 9.98 Å². The maximum absolute atomic E-state index is 6.78. The van der Waals surface area contributed by atoms with Crippen molar-refractivity contribution in [3.05, 3.63) is 65.2 Å². The molecule has 0 spiro atoms. The minimum Gasteiger partial charge on any atom is -0.378 e. The van der Waals surface area contributed by atoms with Gasteiger partial charge in [-0.1, -0.05) is 42.0 Å². The Bertz CT molecular complexity index is 1000. The Hall–Kier alpha value is -2.41. The van der Waals surface area contributed by atoms with Gasteiger partial charge in [0.25, 0.3) is 0 Å². The molecular formula is C25H29ClN4O2. The fourth-order valence-corrected chi connectivity index (χ4v) is 4.96. The number of nitrogens with one attached hydrogen (secondary N) is 1. The molecule has 4 atom stereocenters. The number of rotatable bonds is 5. The van der Waals surface area contributed by atoms with Crippen molar-refractivity contribution in [2.24, 2.45) is 9.98 Å². The number of aryl methyl sites for hydroxylation is 1. The number of benzene rings is 2. The van der Waals surface area contributed by atoms with Gasteiger partial charge in [0.2, 0.25) is 0 Å². The second kappa shape index (κ2) is 9.22. The van der Waals surface area contributed by atoms with Gasteiger partial charge in [0.05, 0.1) is 30.3 Å². The molecule has 32 heavy (non-hydrogen) atoms. The first kappa shape index (κ1) is 21.4. The molecule has 7 heteroatoms. The molecule has 2 aromatic rings. The van der Waals surface area contributed by atoms with E-state index in [1.807, 2.05) is 0 Å². The summed E-state index contributed by atoms with van der Waals surface area (Å²) in [4.78, 5) is 12.2. The van der Waals surface area contributed by atoms with E-state index in [1.165, 1.54) is 11.3 Å². The van der Waals surface area contributed by atoms with Crippen LogP contribution in [0.15, 0.2) is 58.5 Å². The third-order valence-electron chi connectivity index (χ3n) is 6.39. The summed E-state index contributed by atoms with van der Waals surface area (Å²) in [5.74, 6) is 0.822. The number of nitrogens with zero attached hydrogens (tertiary/aromatic N) is 3. The van der Waals surface area contributed by atoms with Crippen LogP contribution >= 0.6 is 11.6 Å². The van der Waals surface area contributed by atoms with Crippen molar-refractivity contribution in [2.75, 3.05) is 38.3 Å². The van der Waals surface area contributed by atoms with Gasteiger partial charge in [0, 0.05) is 25.9 Å². The van der Waals surface area contributed by atoms with Gasteiger partial charge in [-0.2, -0.15) is 0 Å². The van der Waals surface area contributed by atoms with Crippen molar-refractivity contribution in [1.82, 2.24) is 5.32 Å². The Morgan fingerprint density at radius 3 is 2.47 bits per heavy atom. The first-order chi connectivity index (χ1) is 15.6. The molecule has 0 saturated carbocycles. The van der Waals surface area contributed by atoms with Crippen molar-refractivity contribution in [3.63, 3.8) is 0 Å². The highest BCUT2D eigenvalue weighted by Crippen LogP contribution is 2.31. The van der Waals surface area contributed by atoms with Crippen LogP contribution in [0.2, 0.25) is 0 Å². The molecule has 0 aliphatic carbocycles. The zero-order chi connectivity index (χ0) is 22.1. The lowest BCUT2D eigenvalue weighted by Gasteiger charge is -2.29. The molecule has 1 fully saturated rings. The Balaban J connectivity index is 1.33. The van der Waals surface area contributed by atoms with Gasteiger partial charge in [-0.25, -0.2) is 0 Å². The summed E-state index contributed by atoms with van der Waals surface area (Å²) in [5.41, 5.74) is 5.50. The van der Waals surface area contributed by atoms with Crippen molar-refractivity contribution < 1.29 is 9.47 Å². The number of ether oxygens (including phenoxy) is 2. The SMILES string of the molecule is COC(C1=NC2CC(Cl)C(c3ccc(N4CCOCC4)cc3)=NC2N1)c1ccc(C)cc1. The van der Waals surface area contributed by atoms with Crippen molar-refractivity contribution in [1.29, 1.82) is 0 Å². The quantitative estimate of drug-likeness (QED) is 0.702. The number of hydrogen-bond donors (Lipinski definition) is 1. The molecule has 3 heterocycles. The first-order valence-corrected chi connectivity index (χ1v) is 11.6. The average molecular weight is 453 g/mol. The lowest BCUT2D eigenvalue weighted by molar-refractivity contribution is 0.122. The maximum Gasteiger partial charge on any atom is 0.142 e. The Labute approximate surface area is 194 Å². The maximum atomic E-state index is 6.78. The molecule has 0 bridgehead atoms. The van der Waals surface area contributed by atoms with Gasteiger partial charge in [0.1, 0.15) is 18.1 Å². The van der Waals surface area contributed by atoms with Crippen LogP contribution in [0.4, 0.5) is 5.69 Å². The second-order valence-corrected chi connectivity index (χ2v) is 9.09. The predicted molar refractivity (Wildman–Crippen MR) is 129 cm³/mol. The summed E-state index contributed by atoms with van der Waals surface area (Å²) in [5, 5.41) is 3.33. The summed E-state index contributed by atoms with van der Waals surface area (Å²) in [7, 11) is 1.71. The van der Waals surface area contributed by atoms with Crippen LogP contribution < -0.4 is 10.2 Å². The Morgan fingerprint density at radius 1 is 1.06 bits per heavy atom. The fraction of sp³-hybridized carbons (Fsp3) is 0.440. The van der Waals surface area contributed by atoms with E-state index in [4.69, 9.17) is 31.1 Å². The van der Waals surface area contributed by atoms with E-state index in [0.29, 0.717) is 0 Å². The summed E-state index contributed by atoms with van der Waals surface area (Å²) in [6.07, 6.45) is 0.398. The lowest BCUT2D eigenvalue weighted by Crippen LogP contribution is -2.42. The van der Waals surface area contributed by atoms with Crippen LogP contribution in [0.5, 0.6) is 0 Å². The number of alkyl halides is 1. The molecule has 168 valence electrons. The topological polar surface area (TPSA) is 58.5 Å². The van der Waals surface area contributed by atoms with Crippen LogP contribution in [-0.4, -0.2) is 62.5 Å². The summed E-state index contributed by atoms with van der Waals surface area (Å²) < 4.78 is 11.2. The van der Waals surface area contributed by atoms with E-state index in [-0.39, 0.29) is 23.7 Å². The largest absolute Gasteiger partial charge is 0.378 e. The predicted octanol–water partition coefficient (Wildman–Crippen LogP) is 3.72. The van der Waals surface area contributed by atoms with E-state index in [2.05, 4.69) is 65.7 Å². The molecule has 3 aliphatic heterocycles. The van der Waals surface area contributed by atoms with Crippen LogP contribution in [-0.2, 0) is 9.47 Å². The molecular weight excluding hydrogens is 424 g/mol. The van der Waals surface area contributed by atoms with E-state index < -0.39 is 0 Å². The number of aliphatic imine (C=N–C) groups is 2. The van der Waals surface area contributed by atoms with Gasteiger partial charge in [-0.15, -0.1) is 11.6 Å². The van der Waals surface area contributed by atoms with Gasteiger partial charge < -0.3 is 19.7 Å². The zero-order valence-electron chi connectivity index (χ0n) is 18.5. The molecule has 1 saturated heterocycles. The number of amidine groups is 1. The molecule has 1 N–H and O–H groups in total. The minimum atomic E-state index is -0.235. The number of anilines is 1. The Morgan fingerprint density at radius 2 is 1.78 bits per heavy atom. The molecule has 0 radical (unpaired) electrons. The van der Waals surface area contributed by atoms with E-state index in [9.17, 15) is 0 Å². The lowest BCUT2D eigenvalue weighted by atomic mass is 9.97. The monoisotopic (exact) mass is 452 g/mol. The van der Waals surface area contributed by atoms with Gasteiger partial charge in [-0.05, 0) is 36.6 Å². The average Bonchev–Trinajstić information content (AvgIpc) is 3.23. The number of halogens is 1. The number of morpholine rings is 1. The van der Waals surface area contributed by atoms with E-state index >= 15 is 0 Å².